The summed E-state index contributed by atoms with van der Waals surface area (Å²) in [6.07, 6.45) is 2.40. The van der Waals surface area contributed by atoms with Crippen LogP contribution in [-0.2, 0) is 0 Å². The van der Waals surface area contributed by atoms with E-state index in [1.807, 2.05) is 18.2 Å². The lowest BCUT2D eigenvalue weighted by molar-refractivity contribution is 0.927. The maximum atomic E-state index is 4.65. The van der Waals surface area contributed by atoms with Gasteiger partial charge in [-0.1, -0.05) is 15.9 Å². The zero-order chi connectivity index (χ0) is 14.8. The quantitative estimate of drug-likeness (QED) is 0.830. The van der Waals surface area contributed by atoms with Gasteiger partial charge in [0, 0.05) is 28.7 Å². The fourth-order valence-electron chi connectivity index (χ4n) is 2.20. The highest BCUT2D eigenvalue weighted by atomic mass is 79.9. The molecule has 0 saturated heterocycles. The van der Waals surface area contributed by atoms with Gasteiger partial charge in [-0.3, -0.25) is 0 Å². The number of rotatable bonds is 5. The summed E-state index contributed by atoms with van der Waals surface area (Å²) in [5, 5.41) is 6.66. The standard InChI is InChI=1S/C16H19BrN4/c1-3-18-14-9-15(21-16(20-14)11-4-5-11)19-12-6-7-13(17)10(2)8-12/h6-9,11H,3-5H2,1-2H3,(H2,18,19,20,21). The molecule has 1 fully saturated rings. The monoisotopic (exact) mass is 346 g/mol. The number of aryl methyl sites for hydroxylation is 1. The van der Waals surface area contributed by atoms with E-state index in [9.17, 15) is 0 Å². The lowest BCUT2D eigenvalue weighted by Gasteiger charge is -2.11. The third-order valence-electron chi connectivity index (χ3n) is 3.47. The van der Waals surface area contributed by atoms with E-state index in [0.717, 1.165) is 34.2 Å². The zero-order valence-electron chi connectivity index (χ0n) is 12.3. The molecule has 110 valence electrons. The van der Waals surface area contributed by atoms with Crippen molar-refractivity contribution in [3.05, 3.63) is 40.1 Å². The lowest BCUT2D eigenvalue weighted by Crippen LogP contribution is -2.05. The molecule has 0 aliphatic heterocycles. The Balaban J connectivity index is 1.87. The molecule has 0 bridgehead atoms. The van der Waals surface area contributed by atoms with Gasteiger partial charge >= 0.3 is 0 Å². The van der Waals surface area contributed by atoms with Crippen molar-refractivity contribution in [1.82, 2.24) is 9.97 Å². The molecule has 1 aliphatic carbocycles. The molecule has 0 spiro atoms. The lowest BCUT2D eigenvalue weighted by atomic mass is 10.2. The zero-order valence-corrected chi connectivity index (χ0v) is 13.9. The van der Waals surface area contributed by atoms with E-state index < -0.39 is 0 Å². The number of benzene rings is 1. The van der Waals surface area contributed by atoms with Gasteiger partial charge in [-0.15, -0.1) is 0 Å². The molecule has 0 unspecified atom stereocenters. The Morgan fingerprint density at radius 1 is 1.19 bits per heavy atom. The molecule has 21 heavy (non-hydrogen) atoms. The van der Waals surface area contributed by atoms with Crippen LogP contribution in [0.5, 0.6) is 0 Å². The Morgan fingerprint density at radius 2 is 1.95 bits per heavy atom. The van der Waals surface area contributed by atoms with Crippen molar-refractivity contribution in [3.8, 4) is 0 Å². The van der Waals surface area contributed by atoms with Crippen molar-refractivity contribution in [2.75, 3.05) is 17.2 Å². The first kappa shape index (κ1) is 14.3. The minimum absolute atomic E-state index is 0.538. The van der Waals surface area contributed by atoms with Crippen LogP contribution < -0.4 is 10.6 Å². The Bertz CT molecular complexity index is 653. The van der Waals surface area contributed by atoms with Crippen LogP contribution in [0.15, 0.2) is 28.7 Å². The van der Waals surface area contributed by atoms with Crippen molar-refractivity contribution in [3.63, 3.8) is 0 Å². The third-order valence-corrected chi connectivity index (χ3v) is 4.36. The van der Waals surface area contributed by atoms with Crippen molar-refractivity contribution in [2.24, 2.45) is 0 Å². The molecule has 0 atom stereocenters. The van der Waals surface area contributed by atoms with Gasteiger partial charge in [-0.25, -0.2) is 9.97 Å². The van der Waals surface area contributed by atoms with E-state index in [1.54, 1.807) is 0 Å². The maximum absolute atomic E-state index is 4.65. The number of hydrogen-bond donors (Lipinski definition) is 2. The highest BCUT2D eigenvalue weighted by Crippen LogP contribution is 2.39. The van der Waals surface area contributed by atoms with Gasteiger partial charge < -0.3 is 10.6 Å². The molecule has 1 aromatic heterocycles. The van der Waals surface area contributed by atoms with Crippen molar-refractivity contribution >= 4 is 33.3 Å². The predicted octanol–water partition coefficient (Wildman–Crippen LogP) is 4.60. The van der Waals surface area contributed by atoms with Crippen molar-refractivity contribution < 1.29 is 0 Å². The van der Waals surface area contributed by atoms with Crippen LogP contribution in [0.2, 0.25) is 0 Å². The van der Waals surface area contributed by atoms with Crippen LogP contribution in [0.4, 0.5) is 17.3 Å². The fraction of sp³-hybridized carbons (Fsp3) is 0.375. The maximum Gasteiger partial charge on any atom is 0.136 e. The van der Waals surface area contributed by atoms with E-state index >= 15 is 0 Å². The molecular weight excluding hydrogens is 328 g/mol. The Morgan fingerprint density at radius 3 is 2.62 bits per heavy atom. The van der Waals surface area contributed by atoms with Crippen LogP contribution in [0, 0.1) is 6.92 Å². The molecule has 1 aromatic carbocycles. The number of nitrogens with zero attached hydrogens (tertiary/aromatic N) is 2. The number of aromatic nitrogens is 2. The topological polar surface area (TPSA) is 49.8 Å². The predicted molar refractivity (Wildman–Crippen MR) is 90.3 cm³/mol. The number of nitrogens with one attached hydrogen (secondary N) is 2. The average molecular weight is 347 g/mol. The van der Waals surface area contributed by atoms with Crippen molar-refractivity contribution in [2.45, 2.75) is 32.6 Å². The molecule has 1 heterocycles. The van der Waals surface area contributed by atoms with E-state index in [-0.39, 0.29) is 0 Å². The van der Waals surface area contributed by atoms with Gasteiger partial charge in [-0.05, 0) is 50.5 Å². The summed E-state index contributed by atoms with van der Waals surface area (Å²) >= 11 is 3.52. The first-order valence-electron chi connectivity index (χ1n) is 7.31. The summed E-state index contributed by atoms with van der Waals surface area (Å²) in [4.78, 5) is 9.24. The molecule has 1 aliphatic rings. The highest BCUT2D eigenvalue weighted by Gasteiger charge is 2.27. The molecule has 2 aromatic rings. The molecule has 0 amide bonds. The smallest absolute Gasteiger partial charge is 0.136 e. The summed E-state index contributed by atoms with van der Waals surface area (Å²) in [5.41, 5.74) is 2.24. The second-order valence-electron chi connectivity index (χ2n) is 5.39. The molecule has 3 rings (SSSR count). The fourth-order valence-corrected chi connectivity index (χ4v) is 2.44. The van der Waals surface area contributed by atoms with Gasteiger partial charge in [0.15, 0.2) is 0 Å². The summed E-state index contributed by atoms with van der Waals surface area (Å²) in [6.45, 7) is 5.01. The van der Waals surface area contributed by atoms with Crippen LogP contribution in [0.3, 0.4) is 0 Å². The van der Waals surface area contributed by atoms with Crippen LogP contribution in [0.25, 0.3) is 0 Å². The Hall–Kier alpha value is -1.62. The molecule has 5 heteroatoms. The minimum atomic E-state index is 0.538. The van der Waals surface area contributed by atoms with Crippen LogP contribution >= 0.6 is 15.9 Å². The summed E-state index contributed by atoms with van der Waals surface area (Å²) in [7, 11) is 0. The minimum Gasteiger partial charge on any atom is -0.370 e. The molecular formula is C16H19BrN4. The normalized spacial score (nSPS) is 14.0. The Labute approximate surface area is 133 Å². The Kier molecular flexibility index (Phi) is 4.10. The molecule has 0 radical (unpaired) electrons. The summed E-state index contributed by atoms with van der Waals surface area (Å²) in [6, 6.07) is 8.16. The molecule has 2 N–H and O–H groups in total. The van der Waals surface area contributed by atoms with Gasteiger partial charge in [0.25, 0.3) is 0 Å². The van der Waals surface area contributed by atoms with Gasteiger partial charge in [-0.2, -0.15) is 0 Å². The largest absolute Gasteiger partial charge is 0.370 e. The third kappa shape index (κ3) is 3.53. The van der Waals surface area contributed by atoms with Gasteiger partial charge in [0.1, 0.15) is 17.5 Å². The van der Waals surface area contributed by atoms with E-state index in [2.05, 4.69) is 56.4 Å². The first-order chi connectivity index (χ1) is 10.2. The summed E-state index contributed by atoms with van der Waals surface area (Å²) < 4.78 is 1.11. The average Bonchev–Trinajstić information content (AvgIpc) is 3.28. The SMILES string of the molecule is CCNc1cc(Nc2ccc(Br)c(C)c2)nc(C2CC2)n1. The van der Waals surface area contributed by atoms with Crippen molar-refractivity contribution in [1.29, 1.82) is 0 Å². The number of anilines is 3. The van der Waals surface area contributed by atoms with Gasteiger partial charge in [0.2, 0.25) is 0 Å². The highest BCUT2D eigenvalue weighted by molar-refractivity contribution is 9.10. The van der Waals surface area contributed by atoms with E-state index in [4.69, 9.17) is 0 Å². The number of hydrogen-bond acceptors (Lipinski definition) is 4. The number of halogens is 1. The van der Waals surface area contributed by atoms with Crippen LogP contribution in [-0.4, -0.2) is 16.5 Å². The second kappa shape index (κ2) is 6.02. The summed E-state index contributed by atoms with van der Waals surface area (Å²) in [5.74, 6) is 3.23. The van der Waals surface area contributed by atoms with E-state index in [0.29, 0.717) is 5.92 Å². The van der Waals surface area contributed by atoms with Gasteiger partial charge in [0.05, 0.1) is 0 Å². The second-order valence-corrected chi connectivity index (χ2v) is 6.24. The molecule has 4 nitrogen and oxygen atoms in total. The first-order valence-corrected chi connectivity index (χ1v) is 8.11. The molecule has 1 saturated carbocycles. The van der Waals surface area contributed by atoms with E-state index in [1.165, 1.54) is 18.4 Å². The van der Waals surface area contributed by atoms with Crippen LogP contribution in [0.1, 0.15) is 37.1 Å².